The molecule has 2 heterocycles. The third kappa shape index (κ3) is 4.42. The molecule has 4 heteroatoms. The summed E-state index contributed by atoms with van der Waals surface area (Å²) in [5.41, 5.74) is 0. The first-order valence-corrected chi connectivity index (χ1v) is 7.84. The van der Waals surface area contributed by atoms with E-state index in [-0.39, 0.29) is 0 Å². The van der Waals surface area contributed by atoms with Gasteiger partial charge in [-0.05, 0) is 39.3 Å². The van der Waals surface area contributed by atoms with Crippen LogP contribution in [0.15, 0.2) is 0 Å². The van der Waals surface area contributed by atoms with E-state index in [1.54, 1.807) is 0 Å². The van der Waals surface area contributed by atoms with Gasteiger partial charge in [-0.25, -0.2) is 0 Å². The minimum absolute atomic E-state index is 0.400. The molecule has 2 rings (SSSR count). The average molecular weight is 270 g/mol. The van der Waals surface area contributed by atoms with Crippen molar-refractivity contribution in [2.24, 2.45) is 11.8 Å². The Morgan fingerprint density at radius 3 is 2.47 bits per heavy atom. The van der Waals surface area contributed by atoms with Crippen molar-refractivity contribution in [3.8, 4) is 0 Å². The summed E-state index contributed by atoms with van der Waals surface area (Å²) in [7, 11) is 0. The highest BCUT2D eigenvalue weighted by Crippen LogP contribution is 2.31. The van der Waals surface area contributed by atoms with Gasteiger partial charge in [-0.2, -0.15) is 0 Å². The maximum atomic E-state index is 5.88. The second kappa shape index (κ2) is 7.58. The van der Waals surface area contributed by atoms with Crippen LogP contribution in [0.4, 0.5) is 0 Å². The summed E-state index contributed by atoms with van der Waals surface area (Å²) in [5, 5.41) is 3.61. The predicted octanol–water partition coefficient (Wildman–Crippen LogP) is 1.36. The quantitative estimate of drug-likeness (QED) is 0.739. The fourth-order valence-corrected chi connectivity index (χ4v) is 3.21. The predicted molar refractivity (Wildman–Crippen MR) is 77.4 cm³/mol. The number of ether oxygens (including phenoxy) is 2. The van der Waals surface area contributed by atoms with E-state index in [1.807, 2.05) is 0 Å². The summed E-state index contributed by atoms with van der Waals surface area (Å²) in [6.07, 6.45) is 2.04. The lowest BCUT2D eigenvalue weighted by atomic mass is 9.89. The van der Waals surface area contributed by atoms with E-state index in [4.69, 9.17) is 9.47 Å². The van der Waals surface area contributed by atoms with Crippen molar-refractivity contribution in [1.29, 1.82) is 0 Å². The number of rotatable bonds is 6. The van der Waals surface area contributed by atoms with Crippen LogP contribution < -0.4 is 5.32 Å². The highest BCUT2D eigenvalue weighted by Gasteiger charge is 2.36. The van der Waals surface area contributed by atoms with Crippen molar-refractivity contribution < 1.29 is 9.47 Å². The monoisotopic (exact) mass is 270 g/mol. The lowest BCUT2D eigenvalue weighted by molar-refractivity contribution is 0.0373. The van der Waals surface area contributed by atoms with E-state index >= 15 is 0 Å². The zero-order chi connectivity index (χ0) is 13.7. The normalized spacial score (nSPS) is 36.8. The van der Waals surface area contributed by atoms with Gasteiger partial charge in [0.2, 0.25) is 0 Å². The van der Waals surface area contributed by atoms with Crippen molar-refractivity contribution in [2.75, 3.05) is 45.9 Å². The van der Waals surface area contributed by atoms with Crippen LogP contribution in [0.2, 0.25) is 0 Å². The Morgan fingerprint density at radius 2 is 1.84 bits per heavy atom. The van der Waals surface area contributed by atoms with E-state index in [2.05, 4.69) is 31.0 Å². The largest absolute Gasteiger partial charge is 0.379 e. The molecule has 0 aromatic rings. The van der Waals surface area contributed by atoms with Crippen molar-refractivity contribution in [1.82, 2.24) is 10.2 Å². The molecule has 2 aliphatic rings. The Bertz CT molecular complexity index is 257. The second-order valence-electron chi connectivity index (χ2n) is 6.08. The Kier molecular flexibility index (Phi) is 6.07. The van der Waals surface area contributed by atoms with Gasteiger partial charge in [0.15, 0.2) is 0 Å². The minimum Gasteiger partial charge on any atom is -0.379 e. The number of nitrogens with one attached hydrogen (secondary N) is 1. The van der Waals surface area contributed by atoms with Crippen LogP contribution in [0, 0.1) is 11.8 Å². The molecule has 0 bridgehead atoms. The van der Waals surface area contributed by atoms with E-state index < -0.39 is 0 Å². The van der Waals surface area contributed by atoms with Crippen molar-refractivity contribution >= 4 is 0 Å². The summed E-state index contributed by atoms with van der Waals surface area (Å²) >= 11 is 0. The number of morpholine rings is 1. The molecule has 2 saturated heterocycles. The molecule has 0 spiro atoms. The first-order chi connectivity index (χ1) is 9.18. The second-order valence-corrected chi connectivity index (χ2v) is 6.08. The standard InChI is InChI=1S/C15H30N2O2/c1-12-13(2)19-14(3)15(12)11-16-5-4-6-17-7-9-18-10-8-17/h12-16H,4-11H2,1-3H3. The van der Waals surface area contributed by atoms with Crippen LogP contribution in [0.5, 0.6) is 0 Å². The molecule has 1 N–H and O–H groups in total. The number of hydrogen-bond donors (Lipinski definition) is 1. The summed E-state index contributed by atoms with van der Waals surface area (Å²) in [6.45, 7) is 14.1. The van der Waals surface area contributed by atoms with Crippen molar-refractivity contribution in [3.05, 3.63) is 0 Å². The lowest BCUT2D eigenvalue weighted by Gasteiger charge is -2.26. The smallest absolute Gasteiger partial charge is 0.0594 e. The molecule has 112 valence electrons. The molecule has 0 aliphatic carbocycles. The molecule has 4 atom stereocenters. The van der Waals surface area contributed by atoms with Gasteiger partial charge >= 0.3 is 0 Å². The van der Waals surface area contributed by atoms with E-state index in [9.17, 15) is 0 Å². The van der Waals surface area contributed by atoms with Gasteiger partial charge in [-0.15, -0.1) is 0 Å². The van der Waals surface area contributed by atoms with E-state index in [0.717, 1.165) is 39.4 Å². The molecule has 0 amide bonds. The molecule has 0 aromatic heterocycles. The van der Waals surface area contributed by atoms with Gasteiger partial charge < -0.3 is 14.8 Å². The van der Waals surface area contributed by atoms with Gasteiger partial charge in [0.25, 0.3) is 0 Å². The first-order valence-electron chi connectivity index (χ1n) is 7.84. The highest BCUT2D eigenvalue weighted by molar-refractivity contribution is 4.85. The van der Waals surface area contributed by atoms with Crippen molar-refractivity contribution in [3.63, 3.8) is 0 Å². The molecule has 0 radical (unpaired) electrons. The first kappa shape index (κ1) is 15.2. The SMILES string of the molecule is CC1OC(C)C(CNCCCN2CCOCC2)C1C. The van der Waals surface area contributed by atoms with Crippen LogP contribution in [0.3, 0.4) is 0 Å². The van der Waals surface area contributed by atoms with Gasteiger partial charge in [0.1, 0.15) is 0 Å². The Morgan fingerprint density at radius 1 is 1.11 bits per heavy atom. The molecule has 2 fully saturated rings. The third-order valence-corrected chi connectivity index (χ3v) is 4.76. The molecule has 0 saturated carbocycles. The maximum absolute atomic E-state index is 5.88. The highest BCUT2D eigenvalue weighted by atomic mass is 16.5. The number of hydrogen-bond acceptors (Lipinski definition) is 4. The van der Waals surface area contributed by atoms with Crippen LogP contribution in [-0.2, 0) is 9.47 Å². The summed E-state index contributed by atoms with van der Waals surface area (Å²) in [6, 6.07) is 0. The lowest BCUT2D eigenvalue weighted by Crippen LogP contribution is -2.38. The third-order valence-electron chi connectivity index (χ3n) is 4.76. The topological polar surface area (TPSA) is 33.7 Å². The van der Waals surface area contributed by atoms with Crippen LogP contribution in [0.25, 0.3) is 0 Å². The minimum atomic E-state index is 0.400. The number of nitrogens with zero attached hydrogens (tertiary/aromatic N) is 1. The van der Waals surface area contributed by atoms with Crippen LogP contribution >= 0.6 is 0 Å². The van der Waals surface area contributed by atoms with Gasteiger partial charge in [0, 0.05) is 25.6 Å². The zero-order valence-electron chi connectivity index (χ0n) is 12.7. The molecule has 0 aromatic carbocycles. The Balaban J connectivity index is 1.54. The zero-order valence-corrected chi connectivity index (χ0v) is 12.7. The average Bonchev–Trinajstić information content (AvgIpc) is 2.65. The summed E-state index contributed by atoms with van der Waals surface area (Å²) in [4.78, 5) is 2.50. The van der Waals surface area contributed by atoms with Crippen LogP contribution in [-0.4, -0.2) is 63.0 Å². The molecule has 4 nitrogen and oxygen atoms in total. The van der Waals surface area contributed by atoms with E-state index in [1.165, 1.54) is 13.0 Å². The fraction of sp³-hybridized carbons (Fsp3) is 1.00. The van der Waals surface area contributed by atoms with Gasteiger partial charge in [0.05, 0.1) is 25.4 Å². The van der Waals surface area contributed by atoms with Gasteiger partial charge in [-0.1, -0.05) is 6.92 Å². The fourth-order valence-electron chi connectivity index (χ4n) is 3.21. The summed E-state index contributed by atoms with van der Waals surface area (Å²) < 4.78 is 11.2. The molecular formula is C15H30N2O2. The van der Waals surface area contributed by atoms with E-state index in [0.29, 0.717) is 24.0 Å². The Labute approximate surface area is 117 Å². The molecule has 4 unspecified atom stereocenters. The molecule has 19 heavy (non-hydrogen) atoms. The molecular weight excluding hydrogens is 240 g/mol. The summed E-state index contributed by atoms with van der Waals surface area (Å²) in [5.74, 6) is 1.33. The maximum Gasteiger partial charge on any atom is 0.0594 e. The van der Waals surface area contributed by atoms with Gasteiger partial charge in [-0.3, -0.25) is 4.90 Å². The molecule has 2 aliphatic heterocycles. The van der Waals surface area contributed by atoms with Crippen molar-refractivity contribution in [2.45, 2.75) is 39.4 Å². The van der Waals surface area contributed by atoms with Crippen LogP contribution in [0.1, 0.15) is 27.2 Å². The Hall–Kier alpha value is -0.160.